The van der Waals surface area contributed by atoms with Crippen LogP contribution in [0.3, 0.4) is 0 Å². The van der Waals surface area contributed by atoms with Crippen molar-refractivity contribution in [3.8, 4) is 0 Å². The molecule has 2 aromatic carbocycles. The average molecular weight is 474 g/mol. The molecule has 1 unspecified atom stereocenters. The Balaban J connectivity index is 1.40. The van der Waals surface area contributed by atoms with E-state index in [9.17, 15) is 9.18 Å². The Hall–Kier alpha value is -1.90. The van der Waals surface area contributed by atoms with E-state index in [0.29, 0.717) is 5.92 Å². The van der Waals surface area contributed by atoms with Gasteiger partial charge in [-0.1, -0.05) is 85.1 Å². The molecule has 1 N–H and O–H groups in total. The first-order chi connectivity index (χ1) is 15.0. The summed E-state index contributed by atoms with van der Waals surface area (Å²) in [6.45, 7) is 4.38. The van der Waals surface area contributed by atoms with E-state index in [2.05, 4.69) is 53.6 Å². The van der Waals surface area contributed by atoms with Gasteiger partial charge in [0.15, 0.2) is 8.68 Å². The van der Waals surface area contributed by atoms with Gasteiger partial charge in [-0.2, -0.15) is 0 Å². The number of nitrogens with one attached hydrogen (secondary N) is 1. The Morgan fingerprint density at radius 2 is 1.71 bits per heavy atom. The molecule has 0 aliphatic heterocycles. The number of benzene rings is 2. The van der Waals surface area contributed by atoms with Crippen LogP contribution in [0, 0.1) is 5.82 Å². The summed E-state index contributed by atoms with van der Waals surface area (Å²) in [4.78, 5) is 12.8. The molecule has 0 radical (unpaired) electrons. The lowest BCUT2D eigenvalue weighted by Crippen LogP contribution is -2.29. The topological polar surface area (TPSA) is 54.9 Å². The first kappa shape index (κ1) is 22.3. The summed E-state index contributed by atoms with van der Waals surface area (Å²) in [5.41, 5.74) is 3.34. The lowest BCUT2D eigenvalue weighted by atomic mass is 10.0. The average Bonchev–Trinajstić information content (AvgIpc) is 3.46. The van der Waals surface area contributed by atoms with Gasteiger partial charge in [-0.05, 0) is 47.6 Å². The van der Waals surface area contributed by atoms with Crippen LogP contribution in [-0.2, 0) is 10.5 Å². The number of hydrogen-bond acceptors (Lipinski definition) is 6. The SMILES string of the molecule is CC(C)c1ccc(CSc2nnc(SC(C(=O)NC3CC3)c3ccc(F)cc3)s2)cc1. The standard InChI is InChI=1S/C23H24FN3OS3/c1-14(2)16-5-3-15(4-6-16)13-29-22-26-27-23(31-22)30-20(21(28)25-19-11-12-19)17-7-9-18(24)10-8-17/h3-10,14,19-20H,11-13H2,1-2H3,(H,25,28). The van der Waals surface area contributed by atoms with Crippen LogP contribution in [0.25, 0.3) is 0 Å². The summed E-state index contributed by atoms with van der Waals surface area (Å²) in [5, 5.41) is 11.1. The Labute approximate surface area is 194 Å². The number of aromatic nitrogens is 2. The molecule has 1 aromatic heterocycles. The molecule has 0 bridgehead atoms. The number of rotatable bonds is 9. The van der Waals surface area contributed by atoms with Crippen molar-refractivity contribution in [2.75, 3.05) is 0 Å². The van der Waals surface area contributed by atoms with E-state index in [1.807, 2.05) is 0 Å². The molecule has 1 amide bonds. The summed E-state index contributed by atoms with van der Waals surface area (Å²) in [7, 11) is 0. The first-order valence-electron chi connectivity index (χ1n) is 10.3. The van der Waals surface area contributed by atoms with Crippen LogP contribution in [0.15, 0.2) is 57.2 Å². The van der Waals surface area contributed by atoms with Crippen molar-refractivity contribution in [1.29, 1.82) is 0 Å². The Morgan fingerprint density at radius 3 is 2.35 bits per heavy atom. The molecule has 1 fully saturated rings. The second-order valence-electron chi connectivity index (χ2n) is 7.85. The number of carbonyl (C=O) groups is 1. The van der Waals surface area contributed by atoms with Gasteiger partial charge in [-0.3, -0.25) is 4.79 Å². The molecule has 1 heterocycles. The van der Waals surface area contributed by atoms with Crippen LogP contribution in [0.5, 0.6) is 0 Å². The van der Waals surface area contributed by atoms with Gasteiger partial charge in [-0.15, -0.1) is 10.2 Å². The summed E-state index contributed by atoms with van der Waals surface area (Å²) in [6, 6.07) is 15.0. The van der Waals surface area contributed by atoms with E-state index >= 15 is 0 Å². The van der Waals surface area contributed by atoms with Gasteiger partial charge in [0.1, 0.15) is 11.1 Å². The molecule has 0 spiro atoms. The smallest absolute Gasteiger partial charge is 0.238 e. The molecule has 4 nitrogen and oxygen atoms in total. The van der Waals surface area contributed by atoms with Gasteiger partial charge < -0.3 is 5.32 Å². The van der Waals surface area contributed by atoms with Gasteiger partial charge in [-0.25, -0.2) is 4.39 Å². The minimum atomic E-state index is -0.476. The highest BCUT2D eigenvalue weighted by Crippen LogP contribution is 2.40. The van der Waals surface area contributed by atoms with E-state index in [4.69, 9.17) is 0 Å². The first-order valence-corrected chi connectivity index (χ1v) is 12.9. The van der Waals surface area contributed by atoms with Crippen LogP contribution in [0.2, 0.25) is 0 Å². The number of amides is 1. The van der Waals surface area contributed by atoms with Crippen molar-refractivity contribution in [1.82, 2.24) is 15.5 Å². The summed E-state index contributed by atoms with van der Waals surface area (Å²) < 4.78 is 15.0. The second-order valence-corrected chi connectivity index (χ2v) is 11.4. The largest absolute Gasteiger partial charge is 0.352 e. The van der Waals surface area contributed by atoms with E-state index in [0.717, 1.165) is 32.8 Å². The van der Waals surface area contributed by atoms with Gasteiger partial charge in [0.25, 0.3) is 0 Å². The fourth-order valence-electron chi connectivity index (χ4n) is 2.96. The molecule has 1 saturated carbocycles. The predicted octanol–water partition coefficient (Wildman–Crippen LogP) is 6.20. The molecule has 162 valence electrons. The zero-order valence-corrected chi connectivity index (χ0v) is 19.8. The predicted molar refractivity (Wildman–Crippen MR) is 126 cm³/mol. The quantitative estimate of drug-likeness (QED) is 0.375. The fraction of sp³-hybridized carbons (Fsp3) is 0.348. The minimum absolute atomic E-state index is 0.0613. The van der Waals surface area contributed by atoms with Crippen molar-refractivity contribution in [2.24, 2.45) is 0 Å². The third kappa shape index (κ3) is 6.30. The minimum Gasteiger partial charge on any atom is -0.352 e. The highest BCUT2D eigenvalue weighted by molar-refractivity contribution is 8.03. The van der Waals surface area contributed by atoms with E-state index in [1.54, 1.807) is 23.9 Å². The normalized spacial score (nSPS) is 14.6. The van der Waals surface area contributed by atoms with Crippen molar-refractivity contribution >= 4 is 40.8 Å². The van der Waals surface area contributed by atoms with Crippen LogP contribution in [-0.4, -0.2) is 22.1 Å². The number of nitrogens with zero attached hydrogens (tertiary/aromatic N) is 2. The Morgan fingerprint density at radius 1 is 1.06 bits per heavy atom. The number of carbonyl (C=O) groups excluding carboxylic acids is 1. The van der Waals surface area contributed by atoms with E-state index < -0.39 is 5.25 Å². The molecule has 4 rings (SSSR count). The molecule has 1 aliphatic carbocycles. The molecule has 0 saturated heterocycles. The van der Waals surface area contributed by atoms with Crippen molar-refractivity contribution in [3.63, 3.8) is 0 Å². The summed E-state index contributed by atoms with van der Waals surface area (Å²) >= 11 is 4.50. The monoisotopic (exact) mass is 473 g/mol. The van der Waals surface area contributed by atoms with Crippen molar-refractivity contribution < 1.29 is 9.18 Å². The number of halogens is 1. The molecular formula is C23H24FN3OS3. The maximum atomic E-state index is 13.4. The fourth-order valence-corrected chi connectivity index (χ4v) is 6.14. The van der Waals surface area contributed by atoms with Gasteiger partial charge in [0.2, 0.25) is 5.91 Å². The summed E-state index contributed by atoms with van der Waals surface area (Å²) in [6.07, 6.45) is 2.04. The van der Waals surface area contributed by atoms with E-state index in [-0.39, 0.29) is 17.8 Å². The maximum Gasteiger partial charge on any atom is 0.238 e. The molecule has 8 heteroatoms. The maximum absolute atomic E-state index is 13.4. The highest BCUT2D eigenvalue weighted by Gasteiger charge is 2.30. The second kappa shape index (κ2) is 10.1. The van der Waals surface area contributed by atoms with Crippen LogP contribution < -0.4 is 5.32 Å². The summed E-state index contributed by atoms with van der Waals surface area (Å²) in [5.74, 6) is 0.969. The van der Waals surface area contributed by atoms with Gasteiger partial charge in [0, 0.05) is 11.8 Å². The highest BCUT2D eigenvalue weighted by atomic mass is 32.2. The van der Waals surface area contributed by atoms with Crippen LogP contribution >= 0.6 is 34.9 Å². The third-order valence-corrected chi connectivity index (χ3v) is 8.42. The van der Waals surface area contributed by atoms with Crippen molar-refractivity contribution in [3.05, 3.63) is 71.0 Å². The molecule has 1 atom stereocenters. The van der Waals surface area contributed by atoms with Crippen LogP contribution in [0.4, 0.5) is 4.39 Å². The van der Waals surface area contributed by atoms with Gasteiger partial charge >= 0.3 is 0 Å². The Kier molecular flexibility index (Phi) is 7.30. The van der Waals surface area contributed by atoms with Crippen molar-refractivity contribution in [2.45, 2.75) is 58.3 Å². The zero-order chi connectivity index (χ0) is 21.8. The zero-order valence-electron chi connectivity index (χ0n) is 17.4. The lowest BCUT2D eigenvalue weighted by molar-refractivity contribution is -0.120. The molecular weight excluding hydrogens is 449 g/mol. The molecule has 31 heavy (non-hydrogen) atoms. The lowest BCUT2D eigenvalue weighted by Gasteiger charge is -2.15. The molecule has 1 aliphatic rings. The Bertz CT molecular complexity index is 1020. The molecule has 3 aromatic rings. The third-order valence-electron chi connectivity index (χ3n) is 4.95. The number of thioether (sulfide) groups is 2. The number of hydrogen-bond donors (Lipinski definition) is 1. The van der Waals surface area contributed by atoms with E-state index in [1.165, 1.54) is 46.4 Å². The van der Waals surface area contributed by atoms with Gasteiger partial charge in [0.05, 0.1) is 0 Å². The van der Waals surface area contributed by atoms with Crippen LogP contribution in [0.1, 0.15) is 54.5 Å².